The summed E-state index contributed by atoms with van der Waals surface area (Å²) in [6.07, 6.45) is 10.4. The fourth-order valence-electron chi connectivity index (χ4n) is 5.56. The number of H-pyrrole nitrogens is 1. The van der Waals surface area contributed by atoms with Crippen LogP contribution < -0.4 is 5.32 Å². The van der Waals surface area contributed by atoms with Crippen LogP contribution in [-0.2, 0) is 11.8 Å². The van der Waals surface area contributed by atoms with E-state index in [9.17, 15) is 4.79 Å². The Hall–Kier alpha value is -3.47. The maximum absolute atomic E-state index is 13.4. The van der Waals surface area contributed by atoms with Gasteiger partial charge in [0.05, 0.1) is 10.9 Å². The molecular weight excluding hydrogens is 456 g/mol. The molecule has 2 N–H and O–H groups in total. The van der Waals surface area contributed by atoms with Gasteiger partial charge in [0.2, 0.25) is 0 Å². The minimum Gasteiger partial charge on any atom is -0.367 e. The van der Waals surface area contributed by atoms with Gasteiger partial charge < -0.3 is 10.3 Å². The largest absolute Gasteiger partial charge is 0.367 e. The van der Waals surface area contributed by atoms with Crippen molar-refractivity contribution in [3.8, 4) is 0 Å². The van der Waals surface area contributed by atoms with Crippen molar-refractivity contribution in [3.63, 3.8) is 0 Å². The number of hydrogen-bond donors (Lipinski definition) is 2. The molecule has 0 radical (unpaired) electrons. The molecule has 1 aliphatic rings. The van der Waals surface area contributed by atoms with Crippen LogP contribution >= 0.6 is 0 Å². The maximum Gasteiger partial charge on any atom is 0.195 e. The van der Waals surface area contributed by atoms with Gasteiger partial charge >= 0.3 is 0 Å². The van der Waals surface area contributed by atoms with Gasteiger partial charge in [0.25, 0.3) is 0 Å². The van der Waals surface area contributed by atoms with Crippen LogP contribution in [0.4, 0.5) is 5.82 Å². The number of ketones is 1. The first-order valence-electron chi connectivity index (χ1n) is 13.6. The summed E-state index contributed by atoms with van der Waals surface area (Å²) >= 11 is 0. The number of anilines is 1. The first-order chi connectivity index (χ1) is 17.8. The Balaban J connectivity index is 1.21. The van der Waals surface area contributed by atoms with Gasteiger partial charge in [-0.1, -0.05) is 69.3 Å². The molecule has 0 bridgehead atoms. The molecule has 1 saturated carbocycles. The number of aromatic amines is 1. The number of aryl methyl sites for hydroxylation is 2. The third kappa shape index (κ3) is 5.61. The van der Waals surface area contributed by atoms with Crippen molar-refractivity contribution in [1.29, 1.82) is 0 Å². The molecule has 5 nitrogen and oxygen atoms in total. The van der Waals surface area contributed by atoms with E-state index in [1.165, 1.54) is 30.4 Å². The van der Waals surface area contributed by atoms with Crippen LogP contribution in [0.25, 0.3) is 11.0 Å². The van der Waals surface area contributed by atoms with Crippen LogP contribution in [0.3, 0.4) is 0 Å². The second-order valence-electron chi connectivity index (χ2n) is 11.6. The normalized spacial score (nSPS) is 18.2. The van der Waals surface area contributed by atoms with Crippen LogP contribution in [-0.4, -0.2) is 26.8 Å². The molecule has 5 heteroatoms. The predicted molar refractivity (Wildman–Crippen MR) is 151 cm³/mol. The summed E-state index contributed by atoms with van der Waals surface area (Å²) < 4.78 is 0. The Morgan fingerprint density at radius 1 is 0.973 bits per heavy atom. The minimum absolute atomic E-state index is 0.00133. The highest BCUT2D eigenvalue weighted by Gasteiger charge is 2.24. The lowest BCUT2D eigenvalue weighted by Crippen LogP contribution is -2.27. The van der Waals surface area contributed by atoms with E-state index in [0.717, 1.165) is 41.9 Å². The van der Waals surface area contributed by atoms with Gasteiger partial charge in [-0.05, 0) is 73.5 Å². The van der Waals surface area contributed by atoms with E-state index in [4.69, 9.17) is 0 Å². The molecule has 0 unspecified atom stereocenters. The quantitative estimate of drug-likeness (QED) is 0.263. The van der Waals surface area contributed by atoms with E-state index in [1.807, 2.05) is 31.2 Å². The third-order valence-corrected chi connectivity index (χ3v) is 7.95. The van der Waals surface area contributed by atoms with Gasteiger partial charge in [0.15, 0.2) is 5.78 Å². The van der Waals surface area contributed by atoms with E-state index in [0.29, 0.717) is 22.8 Å². The molecule has 2 heterocycles. The first-order valence-corrected chi connectivity index (χ1v) is 13.6. The molecule has 0 amide bonds. The lowest BCUT2D eigenvalue weighted by Gasteiger charge is -2.29. The number of hydrogen-bond acceptors (Lipinski definition) is 4. The summed E-state index contributed by atoms with van der Waals surface area (Å²) in [6, 6.07) is 17.3. The average Bonchev–Trinajstić information content (AvgIpc) is 3.33. The number of carbonyl (C=O) groups excluding carboxylic acids is 1. The van der Waals surface area contributed by atoms with E-state index < -0.39 is 0 Å². The number of carbonyl (C=O) groups is 1. The van der Waals surface area contributed by atoms with Gasteiger partial charge in [-0.25, -0.2) is 9.97 Å². The van der Waals surface area contributed by atoms with E-state index >= 15 is 0 Å². The SMILES string of the molecule is Cc1ccccc1C(=O)c1c[nH]c2ncnc(NC3CCC(CCc4ccc(C(C)(C)C)cc4)CC3)c12. The third-order valence-electron chi connectivity index (χ3n) is 7.95. The Labute approximate surface area is 220 Å². The number of benzene rings is 2. The molecular formula is C32H38N4O. The zero-order chi connectivity index (χ0) is 26.0. The highest BCUT2D eigenvalue weighted by atomic mass is 16.1. The average molecular weight is 495 g/mol. The van der Waals surface area contributed by atoms with Crippen LogP contribution in [0.5, 0.6) is 0 Å². The molecule has 0 saturated heterocycles. The summed E-state index contributed by atoms with van der Waals surface area (Å²) in [6.45, 7) is 8.76. The number of fused-ring (bicyclic) bond motifs is 1. The minimum atomic E-state index is 0.00133. The van der Waals surface area contributed by atoms with E-state index in [1.54, 1.807) is 12.5 Å². The van der Waals surface area contributed by atoms with Crippen molar-refractivity contribution in [2.45, 2.75) is 77.7 Å². The predicted octanol–water partition coefficient (Wildman–Crippen LogP) is 7.40. The van der Waals surface area contributed by atoms with Crippen LogP contribution in [0.15, 0.2) is 61.1 Å². The summed E-state index contributed by atoms with van der Waals surface area (Å²) in [5, 5.41) is 4.45. The monoisotopic (exact) mass is 494 g/mol. The molecule has 1 fully saturated rings. The molecule has 2 aromatic carbocycles. The molecule has 37 heavy (non-hydrogen) atoms. The molecule has 0 spiro atoms. The standard InChI is InChI=1S/C32H38N4O/c1-21-7-5-6-8-26(21)29(37)27-19-33-30-28(27)31(35-20-34-30)36-25-17-13-23(14-18-25)10-9-22-11-15-24(16-12-22)32(2,3)4/h5-8,11-12,15-16,19-20,23,25H,9-10,13-14,17-18H2,1-4H3,(H2,33,34,35,36). The van der Waals surface area contributed by atoms with Crippen LogP contribution in [0.1, 0.15) is 85.5 Å². The van der Waals surface area contributed by atoms with Gasteiger partial charge in [-0.15, -0.1) is 0 Å². The van der Waals surface area contributed by atoms with Gasteiger partial charge in [0.1, 0.15) is 17.8 Å². The van der Waals surface area contributed by atoms with Crippen molar-refractivity contribution in [2.75, 3.05) is 5.32 Å². The first kappa shape index (κ1) is 25.2. The van der Waals surface area contributed by atoms with Crippen molar-refractivity contribution in [3.05, 3.63) is 88.9 Å². The Morgan fingerprint density at radius 3 is 2.41 bits per heavy atom. The van der Waals surface area contributed by atoms with E-state index in [-0.39, 0.29) is 11.2 Å². The Morgan fingerprint density at radius 2 is 1.70 bits per heavy atom. The molecule has 0 aliphatic heterocycles. The fourth-order valence-corrected chi connectivity index (χ4v) is 5.56. The number of nitrogens with one attached hydrogen (secondary N) is 2. The number of nitrogens with zero attached hydrogens (tertiary/aromatic N) is 2. The maximum atomic E-state index is 13.4. The Bertz CT molecular complexity index is 1370. The fraction of sp³-hybridized carbons (Fsp3) is 0.406. The molecule has 0 atom stereocenters. The molecule has 192 valence electrons. The van der Waals surface area contributed by atoms with Gasteiger partial charge in [0, 0.05) is 17.8 Å². The molecule has 2 aromatic heterocycles. The van der Waals surface area contributed by atoms with Crippen molar-refractivity contribution in [2.24, 2.45) is 5.92 Å². The van der Waals surface area contributed by atoms with Crippen LogP contribution in [0.2, 0.25) is 0 Å². The smallest absolute Gasteiger partial charge is 0.195 e. The lowest BCUT2D eigenvalue weighted by atomic mass is 9.82. The molecule has 5 rings (SSSR count). The van der Waals surface area contributed by atoms with Crippen molar-refractivity contribution in [1.82, 2.24) is 15.0 Å². The highest BCUT2D eigenvalue weighted by Crippen LogP contribution is 2.32. The summed E-state index contributed by atoms with van der Waals surface area (Å²) in [5.74, 6) is 1.52. The zero-order valence-electron chi connectivity index (χ0n) is 22.5. The number of rotatable bonds is 7. The topological polar surface area (TPSA) is 70.7 Å². The lowest BCUT2D eigenvalue weighted by molar-refractivity contribution is 0.103. The van der Waals surface area contributed by atoms with Crippen molar-refractivity contribution < 1.29 is 4.79 Å². The summed E-state index contributed by atoms with van der Waals surface area (Å²) in [4.78, 5) is 25.5. The van der Waals surface area contributed by atoms with E-state index in [2.05, 4.69) is 65.3 Å². The van der Waals surface area contributed by atoms with Gasteiger partial charge in [-0.3, -0.25) is 4.79 Å². The second kappa shape index (κ2) is 10.5. The second-order valence-corrected chi connectivity index (χ2v) is 11.6. The summed E-state index contributed by atoms with van der Waals surface area (Å²) in [5.41, 5.74) is 6.04. The van der Waals surface area contributed by atoms with Gasteiger partial charge in [-0.2, -0.15) is 0 Å². The van der Waals surface area contributed by atoms with Crippen LogP contribution in [0, 0.1) is 12.8 Å². The Kier molecular flexibility index (Phi) is 7.14. The highest BCUT2D eigenvalue weighted by molar-refractivity contribution is 6.18. The summed E-state index contributed by atoms with van der Waals surface area (Å²) in [7, 11) is 0. The molecule has 1 aliphatic carbocycles. The molecule has 4 aromatic rings. The number of aromatic nitrogens is 3. The zero-order valence-corrected chi connectivity index (χ0v) is 22.5. The van der Waals surface area contributed by atoms with Crippen molar-refractivity contribution >= 4 is 22.6 Å².